The van der Waals surface area contributed by atoms with Crippen LogP contribution in [0, 0.1) is 0 Å². The summed E-state index contributed by atoms with van der Waals surface area (Å²) in [5.74, 6) is 0.491. The van der Waals surface area contributed by atoms with E-state index in [-0.39, 0.29) is 11.7 Å². The molecule has 0 spiro atoms. The van der Waals surface area contributed by atoms with Gasteiger partial charge in [-0.2, -0.15) is 0 Å². The van der Waals surface area contributed by atoms with Crippen LogP contribution in [0.25, 0.3) is 0 Å². The van der Waals surface area contributed by atoms with Gasteiger partial charge in [0.1, 0.15) is 0 Å². The van der Waals surface area contributed by atoms with E-state index >= 15 is 0 Å². The lowest BCUT2D eigenvalue weighted by Gasteiger charge is -2.34. The summed E-state index contributed by atoms with van der Waals surface area (Å²) in [4.78, 5) is 16.1. The second kappa shape index (κ2) is 9.58. The van der Waals surface area contributed by atoms with E-state index in [1.54, 1.807) is 0 Å². The van der Waals surface area contributed by atoms with Gasteiger partial charge in [0.05, 0.1) is 6.54 Å². The van der Waals surface area contributed by atoms with Crippen molar-refractivity contribution in [1.82, 2.24) is 9.80 Å². The fourth-order valence-electron chi connectivity index (χ4n) is 2.45. The van der Waals surface area contributed by atoms with Gasteiger partial charge in [-0.15, -0.1) is 0 Å². The first-order valence-electron chi connectivity index (χ1n) is 7.64. The van der Waals surface area contributed by atoms with Gasteiger partial charge in [0.15, 0.2) is 5.84 Å². The Bertz CT molecular complexity index is 312. The standard InChI is InChI=1S/C14H28N4O2/c1-2-3-4-5-6-7-14(19)18-10-8-17(9-11-18)12-13(15)16-20/h20H,2-12H2,1H3,(H2,15,16). The molecular weight excluding hydrogens is 256 g/mol. The zero-order chi connectivity index (χ0) is 14.8. The van der Waals surface area contributed by atoms with Crippen LogP contribution in [0.2, 0.25) is 0 Å². The number of nitrogens with two attached hydrogens (primary N) is 1. The molecule has 1 rings (SSSR count). The maximum Gasteiger partial charge on any atom is 0.222 e. The molecule has 1 saturated heterocycles. The summed E-state index contributed by atoms with van der Waals surface area (Å²) in [6.45, 7) is 5.73. The first kappa shape index (κ1) is 16.8. The van der Waals surface area contributed by atoms with Crippen LogP contribution in [0.5, 0.6) is 0 Å². The quantitative estimate of drug-likeness (QED) is 0.231. The van der Waals surface area contributed by atoms with Gasteiger partial charge in [0.25, 0.3) is 0 Å². The van der Waals surface area contributed by atoms with Crippen molar-refractivity contribution in [3.8, 4) is 0 Å². The highest BCUT2D eigenvalue weighted by atomic mass is 16.4. The van der Waals surface area contributed by atoms with Gasteiger partial charge >= 0.3 is 0 Å². The largest absolute Gasteiger partial charge is 0.409 e. The van der Waals surface area contributed by atoms with E-state index in [1.165, 1.54) is 19.3 Å². The number of carbonyl (C=O) groups excluding carboxylic acids is 1. The summed E-state index contributed by atoms with van der Waals surface area (Å²) in [6.07, 6.45) is 6.56. The second-order valence-electron chi connectivity index (χ2n) is 5.41. The van der Waals surface area contributed by atoms with Crippen LogP contribution in [0.15, 0.2) is 5.16 Å². The molecular formula is C14H28N4O2. The number of amides is 1. The summed E-state index contributed by atoms with van der Waals surface area (Å²) >= 11 is 0. The SMILES string of the molecule is CCCCCCCC(=O)N1CCN(CC(N)=NO)CC1. The normalized spacial score (nSPS) is 17.4. The van der Waals surface area contributed by atoms with E-state index in [4.69, 9.17) is 10.9 Å². The molecule has 1 amide bonds. The molecule has 116 valence electrons. The molecule has 1 aliphatic rings. The van der Waals surface area contributed by atoms with Crippen molar-refractivity contribution in [2.75, 3.05) is 32.7 Å². The third-order valence-corrected chi connectivity index (χ3v) is 3.73. The van der Waals surface area contributed by atoms with E-state index in [1.807, 2.05) is 4.90 Å². The fraction of sp³-hybridized carbons (Fsp3) is 0.857. The van der Waals surface area contributed by atoms with Crippen molar-refractivity contribution >= 4 is 11.7 Å². The Labute approximate surface area is 121 Å². The van der Waals surface area contributed by atoms with Crippen molar-refractivity contribution in [3.63, 3.8) is 0 Å². The predicted molar refractivity (Wildman–Crippen MR) is 79.8 cm³/mol. The molecule has 0 unspecified atom stereocenters. The summed E-state index contributed by atoms with van der Waals surface area (Å²) in [6, 6.07) is 0. The monoisotopic (exact) mass is 284 g/mol. The summed E-state index contributed by atoms with van der Waals surface area (Å²) in [5, 5.41) is 11.5. The predicted octanol–water partition coefficient (Wildman–Crippen LogP) is 1.24. The summed E-state index contributed by atoms with van der Waals surface area (Å²) < 4.78 is 0. The van der Waals surface area contributed by atoms with Crippen molar-refractivity contribution in [3.05, 3.63) is 0 Å². The van der Waals surface area contributed by atoms with Crippen LogP contribution in [-0.2, 0) is 4.79 Å². The fourth-order valence-corrected chi connectivity index (χ4v) is 2.45. The van der Waals surface area contributed by atoms with Gasteiger partial charge in [0.2, 0.25) is 5.91 Å². The zero-order valence-electron chi connectivity index (χ0n) is 12.6. The molecule has 0 radical (unpaired) electrons. The molecule has 1 fully saturated rings. The van der Waals surface area contributed by atoms with Crippen LogP contribution in [0.4, 0.5) is 0 Å². The van der Waals surface area contributed by atoms with E-state index in [0.717, 1.165) is 39.0 Å². The van der Waals surface area contributed by atoms with Gasteiger partial charge in [-0.1, -0.05) is 37.8 Å². The third-order valence-electron chi connectivity index (χ3n) is 3.73. The molecule has 20 heavy (non-hydrogen) atoms. The molecule has 0 atom stereocenters. The maximum atomic E-state index is 12.0. The summed E-state index contributed by atoms with van der Waals surface area (Å²) in [7, 11) is 0. The average Bonchev–Trinajstić information content (AvgIpc) is 2.47. The number of hydrogen-bond acceptors (Lipinski definition) is 4. The van der Waals surface area contributed by atoms with Crippen LogP contribution in [0.3, 0.4) is 0 Å². The van der Waals surface area contributed by atoms with E-state index in [2.05, 4.69) is 17.0 Å². The molecule has 6 nitrogen and oxygen atoms in total. The Balaban J connectivity index is 2.15. The minimum atomic E-state index is 0.223. The number of unbranched alkanes of at least 4 members (excludes halogenated alkanes) is 4. The average molecular weight is 284 g/mol. The first-order chi connectivity index (χ1) is 9.67. The molecule has 1 aliphatic heterocycles. The van der Waals surface area contributed by atoms with E-state index in [9.17, 15) is 4.79 Å². The van der Waals surface area contributed by atoms with Crippen molar-refractivity contribution in [2.45, 2.75) is 45.4 Å². The van der Waals surface area contributed by atoms with Crippen molar-refractivity contribution in [2.24, 2.45) is 10.9 Å². The lowest BCUT2D eigenvalue weighted by Crippen LogP contribution is -2.50. The topological polar surface area (TPSA) is 82.2 Å². The Morgan fingerprint density at radius 1 is 1.15 bits per heavy atom. The van der Waals surface area contributed by atoms with E-state index in [0.29, 0.717) is 13.0 Å². The Morgan fingerprint density at radius 2 is 1.80 bits per heavy atom. The molecule has 0 aromatic heterocycles. The molecule has 0 aliphatic carbocycles. The number of carbonyl (C=O) groups is 1. The molecule has 0 aromatic carbocycles. The summed E-state index contributed by atoms with van der Waals surface area (Å²) in [5.41, 5.74) is 5.48. The highest BCUT2D eigenvalue weighted by Gasteiger charge is 2.20. The molecule has 6 heteroatoms. The second-order valence-corrected chi connectivity index (χ2v) is 5.41. The number of hydrogen-bond donors (Lipinski definition) is 2. The Kier molecular flexibility index (Phi) is 8.02. The minimum absolute atomic E-state index is 0.223. The number of nitrogens with zero attached hydrogens (tertiary/aromatic N) is 3. The molecule has 3 N–H and O–H groups in total. The third kappa shape index (κ3) is 6.23. The van der Waals surface area contributed by atoms with Gasteiger partial charge in [0, 0.05) is 32.6 Å². The highest BCUT2D eigenvalue weighted by molar-refractivity contribution is 5.81. The number of amidine groups is 1. The van der Waals surface area contributed by atoms with Gasteiger partial charge in [-0.25, -0.2) is 0 Å². The smallest absolute Gasteiger partial charge is 0.222 e. The van der Waals surface area contributed by atoms with Gasteiger partial charge in [-0.05, 0) is 6.42 Å². The molecule has 0 bridgehead atoms. The zero-order valence-corrected chi connectivity index (χ0v) is 12.6. The maximum absolute atomic E-state index is 12.0. The highest BCUT2D eigenvalue weighted by Crippen LogP contribution is 2.09. The van der Waals surface area contributed by atoms with E-state index < -0.39 is 0 Å². The number of piperazine rings is 1. The van der Waals surface area contributed by atoms with Crippen LogP contribution in [0.1, 0.15) is 45.4 Å². The van der Waals surface area contributed by atoms with Crippen LogP contribution >= 0.6 is 0 Å². The van der Waals surface area contributed by atoms with Gasteiger partial charge < -0.3 is 15.8 Å². The van der Waals surface area contributed by atoms with Gasteiger partial charge in [-0.3, -0.25) is 9.69 Å². The van der Waals surface area contributed by atoms with Crippen molar-refractivity contribution in [1.29, 1.82) is 0 Å². The minimum Gasteiger partial charge on any atom is -0.409 e. The number of oxime groups is 1. The molecule has 0 saturated carbocycles. The Morgan fingerprint density at radius 3 is 2.40 bits per heavy atom. The number of rotatable bonds is 8. The first-order valence-corrected chi connectivity index (χ1v) is 7.64. The lowest BCUT2D eigenvalue weighted by atomic mass is 10.1. The van der Waals surface area contributed by atoms with Crippen LogP contribution in [-0.4, -0.2) is 59.5 Å². The molecule has 1 heterocycles. The van der Waals surface area contributed by atoms with Crippen LogP contribution < -0.4 is 5.73 Å². The molecule has 0 aromatic rings. The van der Waals surface area contributed by atoms with Crippen molar-refractivity contribution < 1.29 is 10.0 Å². The lowest BCUT2D eigenvalue weighted by molar-refractivity contribution is -0.132. The Hall–Kier alpha value is -1.30.